The van der Waals surface area contributed by atoms with Crippen molar-refractivity contribution in [3.8, 4) is 0 Å². The van der Waals surface area contributed by atoms with Crippen LogP contribution in [0.2, 0.25) is 0 Å². The van der Waals surface area contributed by atoms with Crippen LogP contribution in [0.25, 0.3) is 10.2 Å². The van der Waals surface area contributed by atoms with Crippen LogP contribution >= 0.6 is 11.3 Å². The number of hydrogen-bond acceptors (Lipinski definition) is 3. The molecule has 13 heavy (non-hydrogen) atoms. The topological polar surface area (TPSA) is 38.9 Å². The van der Waals surface area contributed by atoms with E-state index in [-0.39, 0.29) is 5.54 Å². The van der Waals surface area contributed by atoms with Gasteiger partial charge in [-0.15, -0.1) is 11.3 Å². The number of fused-ring (bicyclic) bond motifs is 1. The van der Waals surface area contributed by atoms with Gasteiger partial charge in [0.05, 0.1) is 10.2 Å². The molecule has 2 aromatic rings. The second-order valence-electron chi connectivity index (χ2n) is 3.68. The van der Waals surface area contributed by atoms with Crippen LogP contribution in [0.15, 0.2) is 23.7 Å². The third kappa shape index (κ3) is 1.08. The Labute approximate surface area is 80.4 Å². The molecule has 3 rings (SSSR count). The minimum absolute atomic E-state index is 0.0504. The minimum atomic E-state index is -0.0504. The summed E-state index contributed by atoms with van der Waals surface area (Å²) in [5.74, 6) is 0. The zero-order chi connectivity index (χ0) is 8.89. The molecule has 3 heteroatoms. The third-order valence-corrected chi connectivity index (χ3v) is 3.52. The highest BCUT2D eigenvalue weighted by Crippen LogP contribution is 2.43. The molecule has 1 fully saturated rings. The van der Waals surface area contributed by atoms with E-state index in [0.29, 0.717) is 0 Å². The summed E-state index contributed by atoms with van der Waals surface area (Å²) in [6, 6.07) is 4.22. The van der Waals surface area contributed by atoms with Gasteiger partial charge in [0, 0.05) is 11.7 Å². The van der Waals surface area contributed by atoms with Crippen molar-refractivity contribution in [3.05, 3.63) is 29.3 Å². The molecule has 0 radical (unpaired) electrons. The number of aromatic nitrogens is 1. The lowest BCUT2D eigenvalue weighted by atomic mass is 10.1. The zero-order valence-electron chi connectivity index (χ0n) is 7.16. The van der Waals surface area contributed by atoms with Crippen molar-refractivity contribution in [2.24, 2.45) is 5.73 Å². The Balaban J connectivity index is 2.20. The van der Waals surface area contributed by atoms with Gasteiger partial charge in [0.15, 0.2) is 0 Å². The van der Waals surface area contributed by atoms with Crippen molar-refractivity contribution >= 4 is 21.6 Å². The largest absolute Gasteiger partial charge is 0.321 e. The maximum atomic E-state index is 6.09. The lowest BCUT2D eigenvalue weighted by Gasteiger charge is -2.07. The van der Waals surface area contributed by atoms with Crippen molar-refractivity contribution in [2.45, 2.75) is 18.4 Å². The van der Waals surface area contributed by atoms with Gasteiger partial charge >= 0.3 is 0 Å². The Morgan fingerprint density at radius 1 is 1.46 bits per heavy atom. The average molecular weight is 190 g/mol. The van der Waals surface area contributed by atoms with Gasteiger partial charge in [-0.05, 0) is 35.9 Å². The molecule has 0 spiro atoms. The van der Waals surface area contributed by atoms with E-state index < -0.39 is 0 Å². The SMILES string of the molecule is NC1(c2cnc3ccsc3c2)CC1. The molecule has 0 saturated heterocycles. The number of hydrogen-bond donors (Lipinski definition) is 1. The van der Waals surface area contributed by atoms with Crippen LogP contribution in [0.3, 0.4) is 0 Å². The van der Waals surface area contributed by atoms with Crippen molar-refractivity contribution in [1.82, 2.24) is 4.98 Å². The van der Waals surface area contributed by atoms with Crippen LogP contribution in [0.5, 0.6) is 0 Å². The predicted molar refractivity (Wildman–Crippen MR) is 54.7 cm³/mol. The molecular formula is C10H10N2S. The maximum Gasteiger partial charge on any atom is 0.0809 e. The van der Waals surface area contributed by atoms with Crippen LogP contribution in [0.1, 0.15) is 18.4 Å². The first-order chi connectivity index (χ1) is 6.28. The first-order valence-electron chi connectivity index (χ1n) is 4.41. The molecule has 1 saturated carbocycles. The van der Waals surface area contributed by atoms with Gasteiger partial charge < -0.3 is 5.73 Å². The fourth-order valence-corrected chi connectivity index (χ4v) is 2.32. The highest BCUT2D eigenvalue weighted by atomic mass is 32.1. The Hall–Kier alpha value is -0.930. The third-order valence-electron chi connectivity index (χ3n) is 2.67. The van der Waals surface area contributed by atoms with E-state index in [2.05, 4.69) is 16.4 Å². The van der Waals surface area contributed by atoms with E-state index in [1.54, 1.807) is 11.3 Å². The molecule has 1 aliphatic rings. The van der Waals surface area contributed by atoms with E-state index in [1.165, 1.54) is 10.3 Å². The Morgan fingerprint density at radius 2 is 2.31 bits per heavy atom. The molecule has 0 aromatic carbocycles. The van der Waals surface area contributed by atoms with Crippen LogP contribution in [-0.2, 0) is 5.54 Å². The normalized spacial score (nSPS) is 19.2. The Kier molecular flexibility index (Phi) is 1.32. The molecule has 0 bridgehead atoms. The van der Waals surface area contributed by atoms with E-state index in [9.17, 15) is 0 Å². The molecule has 0 atom stereocenters. The van der Waals surface area contributed by atoms with Gasteiger partial charge in [-0.2, -0.15) is 0 Å². The number of nitrogens with two attached hydrogens (primary N) is 1. The summed E-state index contributed by atoms with van der Waals surface area (Å²) in [7, 11) is 0. The van der Waals surface area contributed by atoms with Crippen LogP contribution in [0.4, 0.5) is 0 Å². The number of thiophene rings is 1. The van der Waals surface area contributed by atoms with Gasteiger partial charge in [0.2, 0.25) is 0 Å². The van der Waals surface area contributed by atoms with Crippen molar-refractivity contribution in [2.75, 3.05) is 0 Å². The van der Waals surface area contributed by atoms with Gasteiger partial charge in [-0.25, -0.2) is 0 Å². The lowest BCUT2D eigenvalue weighted by molar-refractivity contribution is 0.737. The highest BCUT2D eigenvalue weighted by molar-refractivity contribution is 7.17. The first kappa shape index (κ1) is 7.47. The zero-order valence-corrected chi connectivity index (χ0v) is 7.97. The lowest BCUT2D eigenvalue weighted by Crippen LogP contribution is -2.18. The summed E-state index contributed by atoms with van der Waals surface area (Å²) < 4.78 is 1.24. The van der Waals surface area contributed by atoms with E-state index in [0.717, 1.165) is 18.4 Å². The monoisotopic (exact) mass is 190 g/mol. The molecule has 2 aromatic heterocycles. The van der Waals surface area contributed by atoms with Crippen molar-refractivity contribution in [1.29, 1.82) is 0 Å². The number of nitrogens with zero attached hydrogens (tertiary/aromatic N) is 1. The molecular weight excluding hydrogens is 180 g/mol. The first-order valence-corrected chi connectivity index (χ1v) is 5.29. The van der Waals surface area contributed by atoms with Crippen molar-refractivity contribution in [3.63, 3.8) is 0 Å². The predicted octanol–water partition coefficient (Wildman–Crippen LogP) is 2.24. The van der Waals surface area contributed by atoms with Crippen LogP contribution in [0, 0.1) is 0 Å². The molecule has 0 aliphatic heterocycles. The van der Waals surface area contributed by atoms with Crippen LogP contribution in [-0.4, -0.2) is 4.98 Å². The summed E-state index contributed by atoms with van der Waals surface area (Å²) in [6.07, 6.45) is 4.12. The van der Waals surface area contributed by atoms with Crippen molar-refractivity contribution < 1.29 is 0 Å². The molecule has 2 N–H and O–H groups in total. The standard InChI is InChI=1S/C10H10N2S/c11-10(2-3-10)7-5-9-8(12-6-7)1-4-13-9/h1,4-6H,2-3,11H2. The number of rotatable bonds is 1. The molecule has 0 unspecified atom stereocenters. The fraction of sp³-hybridized carbons (Fsp3) is 0.300. The molecule has 1 aliphatic carbocycles. The van der Waals surface area contributed by atoms with Gasteiger partial charge in [-0.3, -0.25) is 4.98 Å². The highest BCUT2D eigenvalue weighted by Gasteiger charge is 2.40. The van der Waals surface area contributed by atoms with E-state index in [4.69, 9.17) is 5.73 Å². The summed E-state index contributed by atoms with van der Waals surface area (Å²) in [4.78, 5) is 4.38. The summed E-state index contributed by atoms with van der Waals surface area (Å²) >= 11 is 1.73. The summed E-state index contributed by atoms with van der Waals surface area (Å²) in [5, 5.41) is 2.07. The maximum absolute atomic E-state index is 6.09. The second kappa shape index (κ2) is 2.30. The minimum Gasteiger partial charge on any atom is -0.321 e. The molecule has 0 amide bonds. The van der Waals surface area contributed by atoms with Gasteiger partial charge in [0.1, 0.15) is 0 Å². The fourth-order valence-electron chi connectivity index (χ4n) is 1.54. The summed E-state index contributed by atoms with van der Waals surface area (Å²) in [6.45, 7) is 0. The quantitative estimate of drug-likeness (QED) is 0.749. The molecule has 2 nitrogen and oxygen atoms in total. The van der Waals surface area contributed by atoms with Gasteiger partial charge in [-0.1, -0.05) is 0 Å². The number of pyridine rings is 1. The van der Waals surface area contributed by atoms with Crippen LogP contribution < -0.4 is 5.73 Å². The van der Waals surface area contributed by atoms with E-state index in [1.807, 2.05) is 12.3 Å². The smallest absolute Gasteiger partial charge is 0.0809 e. The summed E-state index contributed by atoms with van der Waals surface area (Å²) in [5.41, 5.74) is 8.32. The molecule has 66 valence electrons. The average Bonchev–Trinajstić information content (AvgIpc) is 2.74. The van der Waals surface area contributed by atoms with Gasteiger partial charge in [0.25, 0.3) is 0 Å². The van der Waals surface area contributed by atoms with E-state index >= 15 is 0 Å². The molecule has 2 heterocycles. The Morgan fingerprint density at radius 3 is 3.08 bits per heavy atom. The Bertz CT molecular complexity index is 457. The second-order valence-corrected chi connectivity index (χ2v) is 4.63.